The van der Waals surface area contributed by atoms with E-state index >= 15 is 0 Å². The molecule has 0 radical (unpaired) electrons. The molecule has 0 aromatic carbocycles. The Bertz CT molecular complexity index is 379. The molecule has 0 spiro atoms. The summed E-state index contributed by atoms with van der Waals surface area (Å²) in [5.74, 6) is 0. The zero-order chi connectivity index (χ0) is 15.0. The normalized spacial score (nSPS) is 36.1. The van der Waals surface area contributed by atoms with Crippen LogP contribution in [-0.2, 0) is 4.52 Å². The van der Waals surface area contributed by atoms with Gasteiger partial charge in [0.25, 0.3) is 0 Å². The Labute approximate surface area is 102 Å². The summed E-state index contributed by atoms with van der Waals surface area (Å²) in [4.78, 5) is 0. The van der Waals surface area contributed by atoms with Crippen LogP contribution < -0.4 is 0 Å². The molecule has 0 aromatic heterocycles. The molecule has 0 amide bonds. The average Bonchev–Trinajstić information content (AvgIpc) is 2.20. The minimum atomic E-state index is -5.80. The summed E-state index contributed by atoms with van der Waals surface area (Å²) < 4.78 is 115. The van der Waals surface area contributed by atoms with E-state index in [2.05, 4.69) is 9.04 Å². The zero-order valence-corrected chi connectivity index (χ0v) is 11.0. The lowest BCUT2D eigenvalue weighted by Crippen LogP contribution is -2.20. The van der Waals surface area contributed by atoms with Crippen LogP contribution in [0.2, 0.25) is 0 Å². The summed E-state index contributed by atoms with van der Waals surface area (Å²) in [5, 5.41) is 0. The van der Waals surface area contributed by atoms with Crippen LogP contribution in [0.15, 0.2) is 4.52 Å². The first-order valence-electron chi connectivity index (χ1n) is 4.01. The van der Waals surface area contributed by atoms with E-state index in [4.69, 9.17) is 0 Å². The van der Waals surface area contributed by atoms with E-state index in [1.54, 1.807) is 0 Å². The van der Waals surface area contributed by atoms with Gasteiger partial charge >= 0.3 is 31.0 Å². The van der Waals surface area contributed by atoms with Crippen molar-refractivity contribution in [2.45, 2.75) is 19.0 Å². The smallest absolute Gasteiger partial charge is 0.271 e. The predicted octanol–water partition coefficient (Wildman–Crippen LogP) is 5.95. The third-order valence-corrected chi connectivity index (χ3v) is 6.62. The lowest BCUT2D eigenvalue weighted by atomic mass is 10.4. The van der Waals surface area contributed by atoms with Crippen molar-refractivity contribution in [2.75, 3.05) is 0 Å². The molecule has 19 heavy (non-hydrogen) atoms. The molecule has 16 heteroatoms. The molecular formula is C3H3F9N3OP3. The van der Waals surface area contributed by atoms with E-state index in [1.807, 2.05) is 0 Å². The summed E-state index contributed by atoms with van der Waals surface area (Å²) in [6.45, 7) is 0. The zero-order valence-electron chi connectivity index (χ0n) is 8.28. The Kier molecular flexibility index (Phi) is 5.48. The van der Waals surface area contributed by atoms with Gasteiger partial charge in [-0.1, -0.05) is 0 Å². The number of nitrogens with zero attached hydrogens (tertiary/aromatic N) is 3. The van der Waals surface area contributed by atoms with Crippen LogP contribution in [0.3, 0.4) is 0 Å². The SMILES string of the molecule is FC(CC(F)(F)F)OP1(F)=NP(F)N(F)P(F)N1F. The maximum Gasteiger partial charge on any atom is 0.394 e. The summed E-state index contributed by atoms with van der Waals surface area (Å²) >= 11 is 0. The first kappa shape index (κ1) is 17.4. The number of hydrogen-bond acceptors (Lipinski definition) is 4. The molecule has 1 rings (SSSR count). The van der Waals surface area contributed by atoms with E-state index in [9.17, 15) is 39.1 Å². The van der Waals surface area contributed by atoms with E-state index in [-0.39, 0.29) is 0 Å². The summed E-state index contributed by atoms with van der Waals surface area (Å²) in [6, 6.07) is 0. The van der Waals surface area contributed by atoms with Crippen molar-refractivity contribution in [1.82, 2.24) is 9.33 Å². The van der Waals surface area contributed by atoms with Gasteiger partial charge in [-0.05, 0) is 4.66 Å². The molecule has 4 nitrogen and oxygen atoms in total. The molecule has 0 bridgehead atoms. The van der Waals surface area contributed by atoms with Crippen LogP contribution in [-0.4, -0.2) is 21.9 Å². The highest BCUT2D eigenvalue weighted by molar-refractivity contribution is 7.77. The van der Waals surface area contributed by atoms with Crippen LogP contribution >= 0.6 is 24.8 Å². The van der Waals surface area contributed by atoms with Crippen LogP contribution in [0.25, 0.3) is 0 Å². The average molecular weight is 361 g/mol. The van der Waals surface area contributed by atoms with Crippen LogP contribution in [0, 0.1) is 0 Å². The van der Waals surface area contributed by atoms with Gasteiger partial charge in [0.15, 0.2) is 0 Å². The molecule has 0 aliphatic carbocycles. The third kappa shape index (κ3) is 4.41. The monoisotopic (exact) mass is 361 g/mol. The Morgan fingerprint density at radius 2 is 1.79 bits per heavy atom. The number of rotatable bonds is 3. The fourth-order valence-corrected chi connectivity index (χ4v) is 5.38. The van der Waals surface area contributed by atoms with E-state index in [1.165, 1.54) is 0 Å². The Balaban J connectivity index is 2.88. The maximum absolute atomic E-state index is 13.5. The molecule has 0 aromatic rings. The van der Waals surface area contributed by atoms with Gasteiger partial charge < -0.3 is 0 Å². The second kappa shape index (κ2) is 5.99. The third-order valence-electron chi connectivity index (χ3n) is 1.44. The van der Waals surface area contributed by atoms with Crippen molar-refractivity contribution in [3.05, 3.63) is 0 Å². The quantitative estimate of drug-likeness (QED) is 0.354. The van der Waals surface area contributed by atoms with Crippen LogP contribution in [0.1, 0.15) is 6.42 Å². The minimum Gasteiger partial charge on any atom is -0.271 e. The maximum atomic E-state index is 13.5. The number of halogens is 9. The minimum absolute atomic E-state index is 1.39. The van der Waals surface area contributed by atoms with Crippen molar-refractivity contribution < 1.29 is 43.6 Å². The van der Waals surface area contributed by atoms with Gasteiger partial charge in [-0.25, -0.2) is 4.39 Å². The van der Waals surface area contributed by atoms with Gasteiger partial charge in [0, 0.05) is 4.66 Å². The Morgan fingerprint density at radius 1 is 1.26 bits per heavy atom. The molecule has 0 fully saturated rings. The molecule has 1 aliphatic rings. The molecule has 0 N–H and O–H groups in total. The second-order valence-electron chi connectivity index (χ2n) is 2.86. The lowest BCUT2D eigenvalue weighted by molar-refractivity contribution is -0.166. The van der Waals surface area contributed by atoms with Crippen molar-refractivity contribution in [3.8, 4) is 0 Å². The van der Waals surface area contributed by atoms with Crippen LogP contribution in [0.5, 0.6) is 0 Å². The van der Waals surface area contributed by atoms with Crippen molar-refractivity contribution in [1.29, 1.82) is 0 Å². The highest BCUT2D eigenvalue weighted by atomic mass is 31.3. The molecule has 1 heterocycles. The predicted molar refractivity (Wildman–Crippen MR) is 49.1 cm³/mol. The summed E-state index contributed by atoms with van der Waals surface area (Å²) in [7, 11) is -14.1. The van der Waals surface area contributed by atoms with Gasteiger partial charge in [-0.15, -0.1) is 8.96 Å². The summed E-state index contributed by atoms with van der Waals surface area (Å²) in [6.07, 6.45) is -10.9. The highest BCUT2D eigenvalue weighted by Gasteiger charge is 2.53. The van der Waals surface area contributed by atoms with Gasteiger partial charge in [-0.3, -0.25) is 4.52 Å². The molecule has 4 atom stereocenters. The lowest BCUT2D eigenvalue weighted by Gasteiger charge is -2.30. The first-order valence-corrected chi connectivity index (χ1v) is 7.79. The summed E-state index contributed by atoms with van der Waals surface area (Å²) in [5.41, 5.74) is 0. The van der Waals surface area contributed by atoms with E-state index in [0.717, 1.165) is 0 Å². The Hall–Kier alpha value is 0.340. The molecule has 1 aliphatic heterocycles. The topological polar surface area (TPSA) is 28.1 Å². The van der Waals surface area contributed by atoms with Crippen LogP contribution in [0.4, 0.5) is 39.1 Å². The standard InChI is InChI=1S/C3H3F9N3OP3/c4-2(1-3(5,6)7)16-19(12)13-17(10)14(8)18(11)15(19)9/h2H,1H2. The number of alkyl halides is 4. The Morgan fingerprint density at radius 3 is 2.26 bits per heavy atom. The van der Waals surface area contributed by atoms with Crippen molar-refractivity contribution in [3.63, 3.8) is 0 Å². The fraction of sp³-hybridized carbons (Fsp3) is 1.00. The van der Waals surface area contributed by atoms with Gasteiger partial charge in [0.1, 0.15) is 0 Å². The van der Waals surface area contributed by atoms with Gasteiger partial charge in [0.05, 0.1) is 6.42 Å². The van der Waals surface area contributed by atoms with Gasteiger partial charge in [0.2, 0.25) is 6.36 Å². The molecule has 4 unspecified atom stereocenters. The van der Waals surface area contributed by atoms with Crippen molar-refractivity contribution in [2.24, 2.45) is 4.52 Å². The molecule has 0 saturated heterocycles. The molecular weight excluding hydrogens is 358 g/mol. The van der Waals surface area contributed by atoms with E-state index < -0.39 is 53.1 Å². The highest BCUT2D eigenvalue weighted by Crippen LogP contribution is 2.80. The first-order chi connectivity index (χ1) is 8.46. The van der Waals surface area contributed by atoms with E-state index in [0.29, 0.717) is 0 Å². The second-order valence-corrected chi connectivity index (χ2v) is 7.73. The molecule has 114 valence electrons. The van der Waals surface area contributed by atoms with Crippen molar-refractivity contribution >= 4 is 24.8 Å². The number of hydrogen-bond donors (Lipinski definition) is 0. The molecule has 0 saturated carbocycles. The van der Waals surface area contributed by atoms with Gasteiger partial charge in [-0.2, -0.15) is 30.3 Å². The fourth-order valence-electron chi connectivity index (χ4n) is 0.795. The largest absolute Gasteiger partial charge is 0.394 e.